The lowest BCUT2D eigenvalue weighted by atomic mass is 10.1. The fourth-order valence-electron chi connectivity index (χ4n) is 7.58. The standard InChI is InChI=1S/C39H36N12O2/c40-34-32-30(47-36(27-5-3-17-42-27)50(32)21-18-44-34)24-10-14-26(15-11-24)39(53)49-20-4-6-28(49)37-48-31(33-35(41)45-19-22-51(33)37)23-8-12-25(13-9-23)38(52)46-29-7-1-2-16-43-29/h1-2,7-16,18-19,21-22,27-28,42H,3-6,17,20H2,(H2,40,44)(H2,41,45)(H,43,46,52)/t27?,28-/m0/s1. The molecule has 0 saturated carbocycles. The van der Waals surface area contributed by atoms with Crippen LogP contribution in [0, 0.1) is 0 Å². The van der Waals surface area contributed by atoms with Crippen molar-refractivity contribution in [3.05, 3.63) is 120 Å². The molecule has 2 aliphatic rings. The van der Waals surface area contributed by atoms with Crippen molar-refractivity contribution in [2.75, 3.05) is 29.9 Å². The van der Waals surface area contributed by atoms with Crippen LogP contribution in [-0.2, 0) is 0 Å². The zero-order valence-electron chi connectivity index (χ0n) is 28.7. The molecule has 14 nitrogen and oxygen atoms in total. The molecule has 2 aromatic carbocycles. The van der Waals surface area contributed by atoms with Crippen molar-refractivity contribution in [1.82, 2.24) is 43.9 Å². The van der Waals surface area contributed by atoms with Gasteiger partial charge in [0.25, 0.3) is 11.8 Å². The highest BCUT2D eigenvalue weighted by Gasteiger charge is 2.35. The second kappa shape index (κ2) is 13.1. The van der Waals surface area contributed by atoms with E-state index in [1.807, 2.05) is 68.6 Å². The zero-order chi connectivity index (χ0) is 36.1. The smallest absolute Gasteiger partial charge is 0.256 e. The van der Waals surface area contributed by atoms with Crippen molar-refractivity contribution < 1.29 is 9.59 Å². The van der Waals surface area contributed by atoms with Gasteiger partial charge in [-0.3, -0.25) is 18.4 Å². The molecule has 53 heavy (non-hydrogen) atoms. The summed E-state index contributed by atoms with van der Waals surface area (Å²) in [4.78, 5) is 51.9. The molecule has 0 spiro atoms. The van der Waals surface area contributed by atoms with E-state index in [4.69, 9.17) is 21.4 Å². The number of aromatic nitrogens is 7. The summed E-state index contributed by atoms with van der Waals surface area (Å²) in [7, 11) is 0. The summed E-state index contributed by atoms with van der Waals surface area (Å²) in [6.07, 6.45) is 12.3. The number of anilines is 3. The highest BCUT2D eigenvalue weighted by molar-refractivity contribution is 6.04. The van der Waals surface area contributed by atoms with E-state index >= 15 is 0 Å². The van der Waals surface area contributed by atoms with Gasteiger partial charge in [-0.1, -0.05) is 30.3 Å². The SMILES string of the molecule is Nc1nccn2c(C3CCCN3)nc(-c3ccc(C(=O)N4CCC[C@H]4c4nc(-c5ccc(C(=O)Nc6ccccn6)cc5)c5c(N)nccn45)cc3)c12. The number of hydrogen-bond donors (Lipinski definition) is 4. The third-order valence-electron chi connectivity index (χ3n) is 10.1. The number of imidazole rings is 2. The van der Waals surface area contributed by atoms with Crippen LogP contribution in [0.4, 0.5) is 17.5 Å². The molecule has 2 aliphatic heterocycles. The Morgan fingerprint density at radius 1 is 0.717 bits per heavy atom. The fourth-order valence-corrected chi connectivity index (χ4v) is 7.58. The van der Waals surface area contributed by atoms with Crippen LogP contribution in [-0.4, -0.2) is 63.5 Å². The number of nitrogen functional groups attached to an aromatic ring is 2. The molecule has 0 bridgehead atoms. The third-order valence-corrected chi connectivity index (χ3v) is 10.1. The number of nitrogens with zero attached hydrogens (tertiary/aromatic N) is 8. The molecule has 0 aliphatic carbocycles. The van der Waals surface area contributed by atoms with Gasteiger partial charge in [0.15, 0.2) is 0 Å². The first-order valence-electron chi connectivity index (χ1n) is 17.7. The summed E-state index contributed by atoms with van der Waals surface area (Å²) in [5, 5.41) is 6.34. The number of nitrogens with two attached hydrogens (primary N) is 2. The van der Waals surface area contributed by atoms with E-state index in [1.165, 1.54) is 0 Å². The molecule has 2 amide bonds. The predicted molar refractivity (Wildman–Crippen MR) is 201 cm³/mol. The zero-order valence-corrected chi connectivity index (χ0v) is 28.7. The first-order valence-corrected chi connectivity index (χ1v) is 17.7. The number of fused-ring (bicyclic) bond motifs is 2. The topological polar surface area (TPSA) is 187 Å². The van der Waals surface area contributed by atoms with Gasteiger partial charge >= 0.3 is 0 Å². The van der Waals surface area contributed by atoms with E-state index in [-0.39, 0.29) is 23.9 Å². The molecule has 0 radical (unpaired) electrons. The summed E-state index contributed by atoms with van der Waals surface area (Å²) in [5.41, 5.74) is 18.3. The average Bonchev–Trinajstić information content (AvgIpc) is 4.01. The lowest BCUT2D eigenvalue weighted by molar-refractivity contribution is 0.0729. The molecule has 14 heteroatoms. The Labute approximate surface area is 303 Å². The molecule has 6 N–H and O–H groups in total. The number of pyridine rings is 1. The summed E-state index contributed by atoms with van der Waals surface area (Å²) in [6, 6.07) is 19.9. The van der Waals surface area contributed by atoms with Gasteiger partial charge < -0.3 is 27.0 Å². The number of amides is 2. The number of nitrogens with one attached hydrogen (secondary N) is 2. The highest BCUT2D eigenvalue weighted by Crippen LogP contribution is 2.38. The number of carbonyl (C=O) groups is 2. The first kappa shape index (κ1) is 32.3. The van der Waals surface area contributed by atoms with Gasteiger partial charge in [0.1, 0.15) is 51.5 Å². The van der Waals surface area contributed by atoms with Crippen LogP contribution in [0.1, 0.15) is 70.1 Å². The van der Waals surface area contributed by atoms with Crippen molar-refractivity contribution in [3.63, 3.8) is 0 Å². The molecule has 2 atom stereocenters. The van der Waals surface area contributed by atoms with E-state index < -0.39 is 0 Å². The minimum Gasteiger partial charge on any atom is -0.382 e. The van der Waals surface area contributed by atoms with Gasteiger partial charge in [-0.15, -0.1) is 0 Å². The van der Waals surface area contributed by atoms with E-state index in [0.717, 1.165) is 60.4 Å². The van der Waals surface area contributed by atoms with Crippen LogP contribution in [0.5, 0.6) is 0 Å². The van der Waals surface area contributed by atoms with Gasteiger partial charge in [-0.05, 0) is 68.6 Å². The van der Waals surface area contributed by atoms with Gasteiger partial charge in [0, 0.05) is 59.8 Å². The molecule has 1 unspecified atom stereocenters. The Morgan fingerprint density at radius 2 is 1.36 bits per heavy atom. The maximum atomic E-state index is 14.2. The Morgan fingerprint density at radius 3 is 1.98 bits per heavy atom. The fraction of sp³-hybridized carbons (Fsp3) is 0.205. The summed E-state index contributed by atoms with van der Waals surface area (Å²) in [5.74, 6) is 2.44. The van der Waals surface area contributed by atoms with Gasteiger partial charge in [-0.25, -0.2) is 24.9 Å². The molecule has 264 valence electrons. The average molecular weight is 705 g/mol. The lowest BCUT2D eigenvalue weighted by Crippen LogP contribution is -2.31. The maximum Gasteiger partial charge on any atom is 0.256 e. The number of hydrogen-bond acceptors (Lipinski definition) is 10. The number of rotatable bonds is 7. The molecule has 2 fully saturated rings. The minimum atomic E-state index is -0.293. The normalized spacial score (nSPS) is 17.2. The monoisotopic (exact) mass is 704 g/mol. The quantitative estimate of drug-likeness (QED) is 0.169. The van der Waals surface area contributed by atoms with Crippen LogP contribution in [0.2, 0.25) is 0 Å². The Balaban J connectivity index is 1.00. The van der Waals surface area contributed by atoms with E-state index in [2.05, 4.69) is 25.6 Å². The van der Waals surface area contributed by atoms with Gasteiger partial charge in [-0.2, -0.15) is 0 Å². The van der Waals surface area contributed by atoms with Crippen molar-refractivity contribution in [2.45, 2.75) is 37.8 Å². The Hall–Kier alpha value is -6.67. The van der Waals surface area contributed by atoms with Crippen LogP contribution in [0.3, 0.4) is 0 Å². The largest absolute Gasteiger partial charge is 0.382 e. The Bertz CT molecular complexity index is 2490. The summed E-state index contributed by atoms with van der Waals surface area (Å²) < 4.78 is 3.95. The van der Waals surface area contributed by atoms with Crippen LogP contribution in [0.25, 0.3) is 33.5 Å². The lowest BCUT2D eigenvalue weighted by Gasteiger charge is -2.24. The maximum absolute atomic E-state index is 14.2. The van der Waals surface area contributed by atoms with Crippen LogP contribution < -0.4 is 22.1 Å². The molecule has 2 saturated heterocycles. The van der Waals surface area contributed by atoms with Crippen LogP contribution in [0.15, 0.2) is 97.7 Å². The predicted octanol–water partition coefficient (Wildman–Crippen LogP) is 5.32. The van der Waals surface area contributed by atoms with Crippen molar-refractivity contribution >= 4 is 40.3 Å². The number of likely N-dealkylation sites (tertiary alicyclic amines) is 1. The molecule has 5 aromatic heterocycles. The van der Waals surface area contributed by atoms with E-state index in [1.54, 1.807) is 42.9 Å². The number of benzene rings is 2. The molecule has 7 aromatic rings. The van der Waals surface area contributed by atoms with Crippen LogP contribution >= 0.6 is 0 Å². The highest BCUT2D eigenvalue weighted by atomic mass is 16.2. The molecule has 7 heterocycles. The Kier molecular flexibility index (Phi) is 8.00. The summed E-state index contributed by atoms with van der Waals surface area (Å²) >= 11 is 0. The first-order chi connectivity index (χ1) is 25.9. The van der Waals surface area contributed by atoms with Crippen molar-refractivity contribution in [1.29, 1.82) is 0 Å². The van der Waals surface area contributed by atoms with Crippen molar-refractivity contribution in [3.8, 4) is 22.5 Å². The summed E-state index contributed by atoms with van der Waals surface area (Å²) in [6.45, 7) is 1.53. The van der Waals surface area contributed by atoms with Gasteiger partial charge in [0.2, 0.25) is 0 Å². The van der Waals surface area contributed by atoms with E-state index in [9.17, 15) is 9.59 Å². The van der Waals surface area contributed by atoms with E-state index in [0.29, 0.717) is 52.2 Å². The number of carbonyl (C=O) groups excluding carboxylic acids is 2. The molecular weight excluding hydrogens is 669 g/mol. The second-order valence-corrected chi connectivity index (χ2v) is 13.3. The third kappa shape index (κ3) is 5.69. The molecular formula is C39H36N12O2. The van der Waals surface area contributed by atoms with Crippen molar-refractivity contribution in [2.24, 2.45) is 0 Å². The molecule has 9 rings (SSSR count). The minimum absolute atomic E-state index is 0.0885. The van der Waals surface area contributed by atoms with Gasteiger partial charge in [0.05, 0.1) is 12.1 Å². The second-order valence-electron chi connectivity index (χ2n) is 13.3.